The molecule has 0 aliphatic carbocycles. The van der Waals surface area contributed by atoms with Crippen LogP contribution in [0.1, 0.15) is 42.5 Å². The van der Waals surface area contributed by atoms with Gasteiger partial charge in [-0.2, -0.15) is 0 Å². The predicted molar refractivity (Wildman–Crippen MR) is 104 cm³/mol. The van der Waals surface area contributed by atoms with Gasteiger partial charge in [0, 0.05) is 17.8 Å². The molecule has 1 amide bonds. The first kappa shape index (κ1) is 17.7. The summed E-state index contributed by atoms with van der Waals surface area (Å²) in [5, 5.41) is 0. The number of anilines is 1. The van der Waals surface area contributed by atoms with Gasteiger partial charge in [0.2, 0.25) is 0 Å². The fraction of sp³-hybridized carbons (Fsp3) is 0.409. The van der Waals surface area contributed by atoms with Crippen molar-refractivity contribution in [1.29, 1.82) is 0 Å². The number of carbonyl (C=O) groups is 1. The summed E-state index contributed by atoms with van der Waals surface area (Å²) in [7, 11) is 0. The van der Waals surface area contributed by atoms with Gasteiger partial charge < -0.3 is 9.80 Å². The third kappa shape index (κ3) is 5.17. The van der Waals surface area contributed by atoms with E-state index in [4.69, 9.17) is 0 Å². The van der Waals surface area contributed by atoms with E-state index in [1.165, 1.54) is 38.8 Å². The maximum Gasteiger partial charge on any atom is 0.258 e. The molecule has 0 bridgehead atoms. The first-order valence-electron chi connectivity index (χ1n) is 9.49. The summed E-state index contributed by atoms with van der Waals surface area (Å²) in [6, 6.07) is 19.6. The Kier molecular flexibility index (Phi) is 6.63. The van der Waals surface area contributed by atoms with Crippen LogP contribution in [0, 0.1) is 0 Å². The lowest BCUT2D eigenvalue weighted by Crippen LogP contribution is -2.34. The molecule has 1 fully saturated rings. The summed E-state index contributed by atoms with van der Waals surface area (Å²) in [5.41, 5.74) is 1.73. The van der Waals surface area contributed by atoms with E-state index in [1.54, 1.807) is 0 Å². The summed E-state index contributed by atoms with van der Waals surface area (Å²) < 4.78 is 0. The van der Waals surface area contributed by atoms with Crippen molar-refractivity contribution < 1.29 is 4.79 Å². The molecule has 1 saturated heterocycles. The molecule has 0 N–H and O–H groups in total. The number of para-hydroxylation sites is 1. The zero-order chi connectivity index (χ0) is 17.3. The summed E-state index contributed by atoms with van der Waals surface area (Å²) in [4.78, 5) is 17.5. The number of likely N-dealkylation sites (tertiary alicyclic amines) is 1. The number of amides is 1. The SMILES string of the molecule is O=C(c1ccccc1)N(CCCN1CCCCCC1)c1ccccc1. The minimum Gasteiger partial charge on any atom is -0.308 e. The molecule has 3 rings (SSSR count). The summed E-state index contributed by atoms with van der Waals surface area (Å²) in [6.45, 7) is 4.25. The highest BCUT2D eigenvalue weighted by molar-refractivity contribution is 6.06. The molecule has 0 atom stereocenters. The van der Waals surface area contributed by atoms with Crippen LogP contribution in [0.2, 0.25) is 0 Å². The Bertz CT molecular complexity index is 634. The molecule has 1 aliphatic heterocycles. The second-order valence-electron chi connectivity index (χ2n) is 6.77. The molecule has 2 aromatic carbocycles. The van der Waals surface area contributed by atoms with E-state index in [-0.39, 0.29) is 5.91 Å². The molecule has 2 aromatic rings. The van der Waals surface area contributed by atoms with Gasteiger partial charge in [-0.05, 0) is 63.2 Å². The van der Waals surface area contributed by atoms with Gasteiger partial charge in [0.15, 0.2) is 0 Å². The van der Waals surface area contributed by atoms with Crippen LogP contribution in [-0.2, 0) is 0 Å². The molecule has 0 radical (unpaired) electrons. The van der Waals surface area contributed by atoms with E-state index < -0.39 is 0 Å². The van der Waals surface area contributed by atoms with Gasteiger partial charge in [0.25, 0.3) is 5.91 Å². The van der Waals surface area contributed by atoms with Crippen LogP contribution < -0.4 is 4.90 Å². The van der Waals surface area contributed by atoms with Crippen LogP contribution in [-0.4, -0.2) is 37.0 Å². The lowest BCUT2D eigenvalue weighted by Gasteiger charge is -2.25. The quantitative estimate of drug-likeness (QED) is 0.770. The van der Waals surface area contributed by atoms with Crippen molar-refractivity contribution in [1.82, 2.24) is 4.90 Å². The molecule has 3 heteroatoms. The van der Waals surface area contributed by atoms with Crippen molar-refractivity contribution >= 4 is 11.6 Å². The number of benzene rings is 2. The van der Waals surface area contributed by atoms with E-state index in [0.717, 1.165) is 30.8 Å². The lowest BCUT2D eigenvalue weighted by molar-refractivity contribution is 0.0985. The minimum atomic E-state index is 0.0858. The molecule has 3 nitrogen and oxygen atoms in total. The van der Waals surface area contributed by atoms with Crippen LogP contribution in [0.5, 0.6) is 0 Å². The van der Waals surface area contributed by atoms with Crippen LogP contribution >= 0.6 is 0 Å². The molecular formula is C22H28N2O. The van der Waals surface area contributed by atoms with Crippen molar-refractivity contribution in [2.24, 2.45) is 0 Å². The Labute approximate surface area is 151 Å². The summed E-state index contributed by atoms with van der Waals surface area (Å²) >= 11 is 0. The standard InChI is InChI=1S/C22H28N2O/c25-22(20-12-5-3-6-13-20)24(21-14-7-4-8-15-21)19-11-18-23-16-9-1-2-10-17-23/h3-8,12-15H,1-2,9-11,16-19H2. The topological polar surface area (TPSA) is 23.6 Å². The van der Waals surface area contributed by atoms with Crippen LogP contribution in [0.15, 0.2) is 60.7 Å². The Morgan fingerprint density at radius 2 is 1.44 bits per heavy atom. The average Bonchev–Trinajstić information content (AvgIpc) is 2.95. The fourth-order valence-electron chi connectivity index (χ4n) is 3.50. The summed E-state index contributed by atoms with van der Waals surface area (Å²) in [5.74, 6) is 0.0858. The second-order valence-corrected chi connectivity index (χ2v) is 6.77. The Balaban J connectivity index is 1.65. The van der Waals surface area contributed by atoms with Crippen molar-refractivity contribution in [2.45, 2.75) is 32.1 Å². The number of hydrogen-bond donors (Lipinski definition) is 0. The minimum absolute atomic E-state index is 0.0858. The highest BCUT2D eigenvalue weighted by atomic mass is 16.2. The number of rotatable bonds is 6. The largest absolute Gasteiger partial charge is 0.308 e. The van der Waals surface area contributed by atoms with Crippen molar-refractivity contribution in [3.63, 3.8) is 0 Å². The Hall–Kier alpha value is -2.13. The van der Waals surface area contributed by atoms with Crippen molar-refractivity contribution in [3.05, 3.63) is 66.2 Å². The smallest absolute Gasteiger partial charge is 0.258 e. The molecule has 1 heterocycles. The maximum atomic E-state index is 13.0. The number of nitrogens with zero attached hydrogens (tertiary/aromatic N) is 2. The normalized spacial score (nSPS) is 15.5. The van der Waals surface area contributed by atoms with E-state index >= 15 is 0 Å². The maximum absolute atomic E-state index is 13.0. The molecule has 25 heavy (non-hydrogen) atoms. The van der Waals surface area contributed by atoms with E-state index in [9.17, 15) is 4.79 Å². The Morgan fingerprint density at radius 1 is 0.840 bits per heavy atom. The van der Waals surface area contributed by atoms with Gasteiger partial charge in [-0.15, -0.1) is 0 Å². The second kappa shape index (κ2) is 9.38. The third-order valence-electron chi connectivity index (χ3n) is 4.89. The number of hydrogen-bond acceptors (Lipinski definition) is 2. The zero-order valence-corrected chi connectivity index (χ0v) is 14.9. The van der Waals surface area contributed by atoms with Crippen LogP contribution in [0.3, 0.4) is 0 Å². The van der Waals surface area contributed by atoms with E-state index in [0.29, 0.717) is 0 Å². The van der Waals surface area contributed by atoms with E-state index in [2.05, 4.69) is 4.90 Å². The molecule has 0 aromatic heterocycles. The molecule has 0 spiro atoms. The van der Waals surface area contributed by atoms with Crippen molar-refractivity contribution in [3.8, 4) is 0 Å². The van der Waals surface area contributed by atoms with Crippen molar-refractivity contribution in [2.75, 3.05) is 31.1 Å². The van der Waals surface area contributed by atoms with Gasteiger partial charge in [-0.3, -0.25) is 4.79 Å². The molecule has 0 saturated carbocycles. The van der Waals surface area contributed by atoms with Gasteiger partial charge in [-0.25, -0.2) is 0 Å². The number of carbonyl (C=O) groups excluding carboxylic acids is 1. The van der Waals surface area contributed by atoms with Gasteiger partial charge >= 0.3 is 0 Å². The molecular weight excluding hydrogens is 308 g/mol. The van der Waals surface area contributed by atoms with Crippen LogP contribution in [0.4, 0.5) is 5.69 Å². The third-order valence-corrected chi connectivity index (χ3v) is 4.89. The molecule has 132 valence electrons. The molecule has 1 aliphatic rings. The first-order chi connectivity index (χ1) is 12.3. The molecule has 0 unspecified atom stereocenters. The van der Waals surface area contributed by atoms with E-state index in [1.807, 2.05) is 65.6 Å². The van der Waals surface area contributed by atoms with Gasteiger partial charge in [0.1, 0.15) is 0 Å². The fourth-order valence-corrected chi connectivity index (χ4v) is 3.50. The summed E-state index contributed by atoms with van der Waals surface area (Å²) in [6.07, 6.45) is 6.35. The van der Waals surface area contributed by atoms with Gasteiger partial charge in [0.05, 0.1) is 0 Å². The average molecular weight is 336 g/mol. The first-order valence-corrected chi connectivity index (χ1v) is 9.49. The van der Waals surface area contributed by atoms with Gasteiger partial charge in [-0.1, -0.05) is 49.2 Å². The monoisotopic (exact) mass is 336 g/mol. The Morgan fingerprint density at radius 3 is 2.08 bits per heavy atom. The predicted octanol–water partition coefficient (Wildman–Crippen LogP) is 4.60. The highest BCUT2D eigenvalue weighted by Gasteiger charge is 2.18. The highest BCUT2D eigenvalue weighted by Crippen LogP contribution is 2.18. The lowest BCUT2D eigenvalue weighted by atomic mass is 10.1. The van der Waals surface area contributed by atoms with Crippen LogP contribution in [0.25, 0.3) is 0 Å². The zero-order valence-electron chi connectivity index (χ0n) is 14.9.